The van der Waals surface area contributed by atoms with Crippen LogP contribution in [0, 0.1) is 11.6 Å². The van der Waals surface area contributed by atoms with E-state index >= 15 is 0 Å². The third kappa shape index (κ3) is 3.87. The maximum Gasteiger partial charge on any atom is 0.180 e. The van der Waals surface area contributed by atoms with Crippen molar-refractivity contribution in [1.82, 2.24) is 15.6 Å². The van der Waals surface area contributed by atoms with Crippen LogP contribution in [0.4, 0.5) is 14.5 Å². The second-order valence-electron chi connectivity index (χ2n) is 6.72. The van der Waals surface area contributed by atoms with Crippen molar-refractivity contribution in [2.75, 3.05) is 32.1 Å². The van der Waals surface area contributed by atoms with E-state index in [1.807, 2.05) is 4.90 Å². The number of hydrogen-bond acceptors (Lipinski definition) is 6. The van der Waals surface area contributed by atoms with Gasteiger partial charge in [0.05, 0.1) is 35.6 Å². The first-order valence-corrected chi connectivity index (χ1v) is 10.1. The smallest absolute Gasteiger partial charge is 0.180 e. The number of fused-ring (bicyclic) bond motifs is 1. The summed E-state index contributed by atoms with van der Waals surface area (Å²) in [6.07, 6.45) is 1.56. The minimum absolute atomic E-state index is 0.102. The summed E-state index contributed by atoms with van der Waals surface area (Å²) in [5.41, 5.74) is 4.01. The molecule has 0 unspecified atom stereocenters. The SMILES string of the molecule is CN/N=C(/c1cccnn1)N1CCN=C(c2c(F)cccc2F)c2c1ccc(OC)c2Cl. The zero-order valence-corrected chi connectivity index (χ0v) is 18.1. The van der Waals surface area contributed by atoms with E-state index in [-0.39, 0.29) is 22.8 Å². The van der Waals surface area contributed by atoms with Gasteiger partial charge < -0.3 is 15.1 Å². The van der Waals surface area contributed by atoms with Gasteiger partial charge in [-0.2, -0.15) is 10.2 Å². The van der Waals surface area contributed by atoms with Crippen molar-refractivity contribution < 1.29 is 13.5 Å². The predicted molar refractivity (Wildman–Crippen MR) is 120 cm³/mol. The number of hydrazone groups is 1. The van der Waals surface area contributed by atoms with Crippen LogP contribution in [0.3, 0.4) is 0 Å². The van der Waals surface area contributed by atoms with Gasteiger partial charge >= 0.3 is 0 Å². The third-order valence-electron chi connectivity index (χ3n) is 4.90. The standard InChI is InChI=1S/C22H19ClF2N6O/c1-26-30-22(15-7-4-10-28-29-15)31-12-11-27-21(18-13(24)5-3-6-14(18)25)19-16(31)8-9-17(32-2)20(19)23/h3-10,26H,11-12H2,1-2H3/b30-22-. The van der Waals surface area contributed by atoms with Crippen LogP contribution in [0.5, 0.6) is 5.75 Å². The number of nitrogens with one attached hydrogen (secondary N) is 1. The zero-order valence-electron chi connectivity index (χ0n) is 17.3. The molecule has 4 rings (SSSR count). The Bertz CT molecular complexity index is 1180. The Kier molecular flexibility index (Phi) is 6.27. The van der Waals surface area contributed by atoms with E-state index in [1.165, 1.54) is 25.3 Å². The van der Waals surface area contributed by atoms with Crippen LogP contribution in [0.15, 0.2) is 58.8 Å². The van der Waals surface area contributed by atoms with Gasteiger partial charge in [0.25, 0.3) is 0 Å². The fourth-order valence-corrected chi connectivity index (χ4v) is 3.87. The highest BCUT2D eigenvalue weighted by atomic mass is 35.5. The van der Waals surface area contributed by atoms with E-state index in [9.17, 15) is 8.78 Å². The molecule has 0 atom stereocenters. The van der Waals surface area contributed by atoms with Crippen LogP contribution in [-0.4, -0.2) is 49.0 Å². The summed E-state index contributed by atoms with van der Waals surface area (Å²) >= 11 is 6.68. The molecule has 0 radical (unpaired) electrons. The molecule has 2 heterocycles. The number of rotatable bonds is 4. The number of benzodiazepines with no additional fused rings is 1. The van der Waals surface area contributed by atoms with Crippen molar-refractivity contribution in [1.29, 1.82) is 0 Å². The summed E-state index contributed by atoms with van der Waals surface area (Å²) < 4.78 is 34.9. The molecular formula is C22H19ClF2N6O. The Morgan fingerprint density at radius 1 is 1.12 bits per heavy atom. The predicted octanol–water partition coefficient (Wildman–Crippen LogP) is 3.66. The Labute approximate surface area is 188 Å². The molecule has 3 aromatic rings. The number of halogens is 3. The molecule has 1 aliphatic rings. The van der Waals surface area contributed by atoms with E-state index in [2.05, 4.69) is 25.7 Å². The average Bonchev–Trinajstić information content (AvgIpc) is 2.98. The van der Waals surface area contributed by atoms with Gasteiger partial charge in [-0.3, -0.25) is 4.99 Å². The second-order valence-corrected chi connectivity index (χ2v) is 7.10. The van der Waals surface area contributed by atoms with Gasteiger partial charge in [0.15, 0.2) is 5.84 Å². The first-order chi connectivity index (χ1) is 15.6. The quantitative estimate of drug-likeness (QED) is 0.368. The third-order valence-corrected chi connectivity index (χ3v) is 5.28. The molecule has 1 N–H and O–H groups in total. The molecule has 2 aromatic carbocycles. The minimum atomic E-state index is -0.736. The van der Waals surface area contributed by atoms with E-state index in [0.29, 0.717) is 35.1 Å². The van der Waals surface area contributed by atoms with Crippen molar-refractivity contribution in [3.63, 3.8) is 0 Å². The van der Waals surface area contributed by atoms with Crippen LogP contribution in [0.2, 0.25) is 5.02 Å². The van der Waals surface area contributed by atoms with Crippen molar-refractivity contribution in [2.24, 2.45) is 10.1 Å². The fraction of sp³-hybridized carbons (Fsp3) is 0.182. The Morgan fingerprint density at radius 2 is 1.91 bits per heavy atom. The lowest BCUT2D eigenvalue weighted by atomic mass is 9.98. The summed E-state index contributed by atoms with van der Waals surface area (Å²) in [5.74, 6) is -0.669. The molecule has 0 saturated heterocycles. The molecule has 1 aromatic heterocycles. The number of methoxy groups -OCH3 is 1. The lowest BCUT2D eigenvalue weighted by Crippen LogP contribution is -2.36. The van der Waals surface area contributed by atoms with Gasteiger partial charge in [0, 0.05) is 25.4 Å². The topological polar surface area (TPSA) is 75.0 Å². The second kappa shape index (κ2) is 9.27. The molecule has 0 fully saturated rings. The Balaban J connectivity index is 1.97. The summed E-state index contributed by atoms with van der Waals surface area (Å²) in [7, 11) is 3.13. The minimum Gasteiger partial charge on any atom is -0.495 e. The number of ether oxygens (including phenoxy) is 1. The van der Waals surface area contributed by atoms with Gasteiger partial charge in [0.1, 0.15) is 23.1 Å². The first kappa shape index (κ1) is 21.6. The van der Waals surface area contributed by atoms with Crippen LogP contribution < -0.4 is 15.1 Å². The number of nitrogens with zero attached hydrogens (tertiary/aromatic N) is 5. The summed E-state index contributed by atoms with van der Waals surface area (Å²) in [6.45, 7) is 0.575. The molecule has 7 nitrogen and oxygen atoms in total. The van der Waals surface area contributed by atoms with Gasteiger partial charge in [0.2, 0.25) is 0 Å². The van der Waals surface area contributed by atoms with Gasteiger partial charge in [-0.15, -0.1) is 5.10 Å². The molecule has 10 heteroatoms. The monoisotopic (exact) mass is 456 g/mol. The zero-order chi connectivity index (χ0) is 22.7. The van der Waals surface area contributed by atoms with Gasteiger partial charge in [-0.25, -0.2) is 8.78 Å². The van der Waals surface area contributed by atoms with Crippen molar-refractivity contribution in [3.05, 3.63) is 82.1 Å². The lowest BCUT2D eigenvalue weighted by molar-refractivity contribution is 0.415. The van der Waals surface area contributed by atoms with Crippen LogP contribution >= 0.6 is 11.6 Å². The van der Waals surface area contributed by atoms with Crippen molar-refractivity contribution in [3.8, 4) is 5.75 Å². The van der Waals surface area contributed by atoms with Crippen LogP contribution in [0.25, 0.3) is 0 Å². The highest BCUT2D eigenvalue weighted by Gasteiger charge is 2.30. The molecular weight excluding hydrogens is 438 g/mol. The van der Waals surface area contributed by atoms with Gasteiger partial charge in [-0.1, -0.05) is 17.7 Å². The molecule has 0 spiro atoms. The first-order valence-electron chi connectivity index (χ1n) is 9.72. The highest BCUT2D eigenvalue weighted by molar-refractivity contribution is 6.38. The Morgan fingerprint density at radius 3 is 2.56 bits per heavy atom. The number of hydrogen-bond donors (Lipinski definition) is 1. The number of amidine groups is 1. The number of benzene rings is 2. The molecule has 0 aliphatic carbocycles. The van der Waals surface area contributed by atoms with Crippen LogP contribution in [0.1, 0.15) is 16.8 Å². The molecule has 1 aliphatic heterocycles. The normalized spacial score (nSPS) is 13.8. The maximum atomic E-state index is 14.8. The molecule has 32 heavy (non-hydrogen) atoms. The summed E-state index contributed by atoms with van der Waals surface area (Å²) in [4.78, 5) is 6.35. The Hall–Kier alpha value is -3.59. The van der Waals surface area contributed by atoms with Crippen molar-refractivity contribution in [2.45, 2.75) is 0 Å². The fourth-order valence-electron chi connectivity index (χ4n) is 3.55. The number of anilines is 1. The summed E-state index contributed by atoms with van der Waals surface area (Å²) in [6, 6.07) is 10.6. The molecule has 0 amide bonds. The molecule has 164 valence electrons. The number of aromatic nitrogens is 2. The van der Waals surface area contributed by atoms with E-state index in [1.54, 1.807) is 37.5 Å². The van der Waals surface area contributed by atoms with E-state index < -0.39 is 11.6 Å². The lowest BCUT2D eigenvalue weighted by Gasteiger charge is -2.26. The van der Waals surface area contributed by atoms with E-state index in [0.717, 1.165) is 0 Å². The van der Waals surface area contributed by atoms with Crippen molar-refractivity contribution >= 4 is 28.8 Å². The summed E-state index contributed by atoms with van der Waals surface area (Å²) in [5, 5.41) is 12.7. The average molecular weight is 457 g/mol. The highest BCUT2D eigenvalue weighted by Crippen LogP contribution is 2.39. The largest absolute Gasteiger partial charge is 0.495 e. The molecule has 0 bridgehead atoms. The van der Waals surface area contributed by atoms with Gasteiger partial charge in [-0.05, 0) is 36.4 Å². The van der Waals surface area contributed by atoms with E-state index in [4.69, 9.17) is 16.3 Å². The van der Waals surface area contributed by atoms with Crippen LogP contribution in [-0.2, 0) is 0 Å². The maximum absolute atomic E-state index is 14.8. The number of aliphatic imine (C=N–C) groups is 1. The molecule has 0 saturated carbocycles.